The number of aromatic amines is 1. The van der Waals surface area contributed by atoms with Gasteiger partial charge in [0.25, 0.3) is 5.56 Å². The van der Waals surface area contributed by atoms with Crippen molar-refractivity contribution in [3.05, 3.63) is 62.3 Å². The summed E-state index contributed by atoms with van der Waals surface area (Å²) < 4.78 is 0. The van der Waals surface area contributed by atoms with E-state index in [4.69, 9.17) is 11.6 Å². The van der Waals surface area contributed by atoms with Crippen molar-refractivity contribution in [2.24, 2.45) is 0 Å². The van der Waals surface area contributed by atoms with Crippen LogP contribution in [0, 0.1) is 13.8 Å². The van der Waals surface area contributed by atoms with E-state index >= 15 is 0 Å². The lowest BCUT2D eigenvalue weighted by molar-refractivity contribution is 0.928. The normalized spacial score (nSPS) is 10.5. The van der Waals surface area contributed by atoms with E-state index in [2.05, 4.69) is 9.97 Å². The average molecular weight is 249 g/mol. The van der Waals surface area contributed by atoms with Crippen molar-refractivity contribution < 1.29 is 0 Å². The van der Waals surface area contributed by atoms with E-state index in [9.17, 15) is 4.79 Å². The Labute approximate surface area is 104 Å². The number of aromatic nitrogens is 2. The SMILES string of the molecule is Cc1nc(C)c(Cc2ccc(Cl)cc2)c(=O)[nH]1. The molecule has 17 heavy (non-hydrogen) atoms. The fraction of sp³-hybridized carbons (Fsp3) is 0.231. The molecule has 1 N–H and O–H groups in total. The Balaban J connectivity index is 2.36. The largest absolute Gasteiger partial charge is 0.311 e. The molecule has 0 saturated heterocycles. The molecule has 0 aliphatic rings. The van der Waals surface area contributed by atoms with Crippen LogP contribution in [0.2, 0.25) is 5.02 Å². The Kier molecular flexibility index (Phi) is 3.29. The number of aryl methyl sites for hydroxylation is 2. The second kappa shape index (κ2) is 4.72. The van der Waals surface area contributed by atoms with Crippen LogP contribution < -0.4 is 5.56 Å². The van der Waals surface area contributed by atoms with E-state index in [0.717, 1.165) is 11.3 Å². The Hall–Kier alpha value is -1.61. The number of rotatable bonds is 2. The first-order chi connectivity index (χ1) is 8.06. The standard InChI is InChI=1S/C13H13ClN2O/c1-8-12(13(17)16-9(2)15-8)7-10-3-5-11(14)6-4-10/h3-6H,7H2,1-2H3,(H,15,16,17). The summed E-state index contributed by atoms with van der Waals surface area (Å²) in [6.45, 7) is 3.63. The van der Waals surface area contributed by atoms with Crippen LogP contribution >= 0.6 is 11.6 Å². The number of nitrogens with one attached hydrogen (secondary N) is 1. The van der Waals surface area contributed by atoms with Gasteiger partial charge < -0.3 is 4.98 Å². The van der Waals surface area contributed by atoms with Crippen molar-refractivity contribution in [1.29, 1.82) is 0 Å². The molecule has 2 aromatic rings. The molecule has 2 rings (SSSR count). The van der Waals surface area contributed by atoms with Crippen LogP contribution in [-0.2, 0) is 6.42 Å². The fourth-order valence-electron chi connectivity index (χ4n) is 1.77. The molecule has 0 spiro atoms. The van der Waals surface area contributed by atoms with Gasteiger partial charge in [-0.1, -0.05) is 23.7 Å². The van der Waals surface area contributed by atoms with Gasteiger partial charge in [-0.2, -0.15) is 0 Å². The minimum Gasteiger partial charge on any atom is -0.311 e. The van der Waals surface area contributed by atoms with Gasteiger partial charge in [-0.25, -0.2) is 4.98 Å². The summed E-state index contributed by atoms with van der Waals surface area (Å²) in [5, 5.41) is 0.696. The molecule has 88 valence electrons. The van der Waals surface area contributed by atoms with E-state index in [1.54, 1.807) is 6.92 Å². The van der Waals surface area contributed by atoms with Gasteiger partial charge in [-0.05, 0) is 31.5 Å². The summed E-state index contributed by atoms with van der Waals surface area (Å²) in [6, 6.07) is 7.48. The molecule has 3 nitrogen and oxygen atoms in total. The maximum absolute atomic E-state index is 11.8. The van der Waals surface area contributed by atoms with Gasteiger partial charge in [0.1, 0.15) is 5.82 Å². The highest BCUT2D eigenvalue weighted by Crippen LogP contribution is 2.13. The lowest BCUT2D eigenvalue weighted by Crippen LogP contribution is -2.18. The van der Waals surface area contributed by atoms with Crippen molar-refractivity contribution in [1.82, 2.24) is 9.97 Å². The lowest BCUT2D eigenvalue weighted by atomic mass is 10.1. The molecule has 0 saturated carbocycles. The van der Waals surface area contributed by atoms with E-state index in [-0.39, 0.29) is 5.56 Å². The van der Waals surface area contributed by atoms with Gasteiger partial charge >= 0.3 is 0 Å². The highest BCUT2D eigenvalue weighted by atomic mass is 35.5. The summed E-state index contributed by atoms with van der Waals surface area (Å²) in [5.74, 6) is 0.646. The Morgan fingerprint density at radius 2 is 1.88 bits per heavy atom. The molecule has 4 heteroatoms. The summed E-state index contributed by atoms with van der Waals surface area (Å²) in [4.78, 5) is 18.8. The zero-order valence-electron chi connectivity index (χ0n) is 9.75. The third-order valence-electron chi connectivity index (χ3n) is 2.63. The topological polar surface area (TPSA) is 45.8 Å². The van der Waals surface area contributed by atoms with E-state index in [1.165, 1.54) is 0 Å². The van der Waals surface area contributed by atoms with Crippen LogP contribution in [0.25, 0.3) is 0 Å². The first kappa shape index (κ1) is 11.9. The van der Waals surface area contributed by atoms with Crippen molar-refractivity contribution in [3.8, 4) is 0 Å². The first-order valence-electron chi connectivity index (χ1n) is 5.37. The third kappa shape index (κ3) is 2.74. The van der Waals surface area contributed by atoms with E-state index < -0.39 is 0 Å². The Bertz CT molecular complexity index is 587. The van der Waals surface area contributed by atoms with E-state index in [1.807, 2.05) is 31.2 Å². The average Bonchev–Trinajstić information content (AvgIpc) is 2.26. The molecule has 0 radical (unpaired) electrons. The number of hydrogen-bond acceptors (Lipinski definition) is 2. The molecule has 1 heterocycles. The van der Waals surface area contributed by atoms with Crippen molar-refractivity contribution in [3.63, 3.8) is 0 Å². The van der Waals surface area contributed by atoms with Gasteiger partial charge in [0.2, 0.25) is 0 Å². The minimum atomic E-state index is -0.0649. The first-order valence-corrected chi connectivity index (χ1v) is 5.75. The number of nitrogens with zero attached hydrogens (tertiary/aromatic N) is 1. The Morgan fingerprint density at radius 1 is 1.24 bits per heavy atom. The van der Waals surface area contributed by atoms with Gasteiger partial charge in [-0.3, -0.25) is 4.79 Å². The van der Waals surface area contributed by atoms with Crippen LogP contribution in [0.1, 0.15) is 22.6 Å². The number of H-pyrrole nitrogens is 1. The van der Waals surface area contributed by atoms with Crippen molar-refractivity contribution in [2.75, 3.05) is 0 Å². The number of hydrogen-bond donors (Lipinski definition) is 1. The molecule has 0 bridgehead atoms. The molecule has 1 aromatic heterocycles. The predicted molar refractivity (Wildman–Crippen MR) is 68.6 cm³/mol. The van der Waals surface area contributed by atoms with Crippen LogP contribution in [0.5, 0.6) is 0 Å². The second-order valence-electron chi connectivity index (χ2n) is 4.02. The Morgan fingerprint density at radius 3 is 2.47 bits per heavy atom. The van der Waals surface area contributed by atoms with E-state index in [0.29, 0.717) is 22.8 Å². The second-order valence-corrected chi connectivity index (χ2v) is 4.45. The maximum atomic E-state index is 11.8. The molecule has 0 aliphatic heterocycles. The molecule has 1 aromatic carbocycles. The van der Waals surface area contributed by atoms with Crippen molar-refractivity contribution in [2.45, 2.75) is 20.3 Å². The summed E-state index contributed by atoms with van der Waals surface area (Å²) in [7, 11) is 0. The molecule has 0 aliphatic carbocycles. The molecule has 0 atom stereocenters. The van der Waals surface area contributed by atoms with Crippen LogP contribution in [0.4, 0.5) is 0 Å². The van der Waals surface area contributed by atoms with Gasteiger partial charge in [0.05, 0.1) is 0 Å². The molecular formula is C13H13ClN2O. The monoisotopic (exact) mass is 248 g/mol. The molecule has 0 fully saturated rings. The highest BCUT2D eigenvalue weighted by Gasteiger charge is 2.07. The maximum Gasteiger partial charge on any atom is 0.254 e. The smallest absolute Gasteiger partial charge is 0.254 e. The minimum absolute atomic E-state index is 0.0649. The third-order valence-corrected chi connectivity index (χ3v) is 2.89. The zero-order chi connectivity index (χ0) is 12.4. The van der Waals surface area contributed by atoms with Crippen molar-refractivity contribution >= 4 is 11.6 Å². The fourth-order valence-corrected chi connectivity index (χ4v) is 1.89. The highest BCUT2D eigenvalue weighted by molar-refractivity contribution is 6.30. The van der Waals surface area contributed by atoms with Gasteiger partial charge in [0, 0.05) is 22.7 Å². The number of benzene rings is 1. The summed E-state index contributed by atoms with van der Waals surface area (Å²) >= 11 is 5.82. The van der Waals surface area contributed by atoms with Gasteiger partial charge in [-0.15, -0.1) is 0 Å². The van der Waals surface area contributed by atoms with Crippen LogP contribution in [-0.4, -0.2) is 9.97 Å². The van der Waals surface area contributed by atoms with Crippen LogP contribution in [0.15, 0.2) is 29.1 Å². The van der Waals surface area contributed by atoms with Crippen LogP contribution in [0.3, 0.4) is 0 Å². The molecular weight excluding hydrogens is 236 g/mol. The lowest BCUT2D eigenvalue weighted by Gasteiger charge is -2.05. The molecule has 0 unspecified atom stereocenters. The summed E-state index contributed by atoms with van der Waals surface area (Å²) in [6.07, 6.45) is 0.575. The number of halogens is 1. The zero-order valence-corrected chi connectivity index (χ0v) is 10.5. The predicted octanol–water partition coefficient (Wildman–Crippen LogP) is 2.63. The quantitative estimate of drug-likeness (QED) is 0.888. The molecule has 0 amide bonds. The summed E-state index contributed by atoms with van der Waals surface area (Å²) in [5.41, 5.74) is 2.47. The van der Waals surface area contributed by atoms with Gasteiger partial charge in [0.15, 0.2) is 0 Å².